The lowest BCUT2D eigenvalue weighted by Crippen LogP contribution is -2.32. The molecule has 0 spiro atoms. The summed E-state index contributed by atoms with van der Waals surface area (Å²) in [5.41, 5.74) is 6.01. The molecular weight excluding hydrogens is 238 g/mol. The van der Waals surface area contributed by atoms with Gasteiger partial charge in [-0.05, 0) is 37.6 Å². The van der Waals surface area contributed by atoms with Gasteiger partial charge in [-0.15, -0.1) is 0 Å². The normalized spacial score (nSPS) is 19.8. The SMILES string of the molecule is CC1(CNCCCCC(C)(C)C(N)=NO)CCCC1. The molecule has 0 aromatic heterocycles. The van der Waals surface area contributed by atoms with Crippen LogP contribution in [0.25, 0.3) is 0 Å². The van der Waals surface area contributed by atoms with Crippen LogP contribution in [0.15, 0.2) is 5.16 Å². The first-order chi connectivity index (χ1) is 8.90. The third kappa shape index (κ3) is 5.39. The minimum absolute atomic E-state index is 0.202. The lowest BCUT2D eigenvalue weighted by atomic mass is 9.86. The summed E-state index contributed by atoms with van der Waals surface area (Å²) in [4.78, 5) is 0. The molecule has 4 N–H and O–H groups in total. The van der Waals surface area contributed by atoms with Gasteiger partial charge in [0.15, 0.2) is 0 Å². The number of rotatable bonds is 8. The molecule has 0 aliphatic heterocycles. The number of hydrogen-bond acceptors (Lipinski definition) is 3. The molecule has 4 nitrogen and oxygen atoms in total. The Kier molecular flexibility index (Phi) is 6.11. The van der Waals surface area contributed by atoms with Crippen LogP contribution >= 0.6 is 0 Å². The van der Waals surface area contributed by atoms with Gasteiger partial charge in [0.2, 0.25) is 0 Å². The van der Waals surface area contributed by atoms with Crippen LogP contribution in [0.4, 0.5) is 0 Å². The molecule has 0 heterocycles. The Morgan fingerprint density at radius 2 is 1.95 bits per heavy atom. The summed E-state index contributed by atoms with van der Waals surface area (Å²) in [6, 6.07) is 0. The van der Waals surface area contributed by atoms with Gasteiger partial charge in [0.05, 0.1) is 0 Å². The quantitative estimate of drug-likeness (QED) is 0.208. The van der Waals surface area contributed by atoms with Crippen molar-refractivity contribution in [1.29, 1.82) is 0 Å². The largest absolute Gasteiger partial charge is 0.409 e. The summed E-state index contributed by atoms with van der Waals surface area (Å²) in [5.74, 6) is 0.332. The molecule has 0 saturated heterocycles. The van der Waals surface area contributed by atoms with Crippen LogP contribution in [0.3, 0.4) is 0 Å². The third-order valence-corrected chi connectivity index (χ3v) is 4.57. The molecule has 1 aliphatic rings. The molecule has 0 unspecified atom stereocenters. The fourth-order valence-electron chi connectivity index (χ4n) is 2.88. The van der Waals surface area contributed by atoms with Gasteiger partial charge in [-0.2, -0.15) is 0 Å². The summed E-state index contributed by atoms with van der Waals surface area (Å²) in [6.45, 7) is 8.66. The van der Waals surface area contributed by atoms with Gasteiger partial charge in [-0.3, -0.25) is 0 Å². The van der Waals surface area contributed by atoms with E-state index >= 15 is 0 Å². The van der Waals surface area contributed by atoms with Crippen molar-refractivity contribution >= 4 is 5.84 Å². The molecule has 0 bridgehead atoms. The van der Waals surface area contributed by atoms with Gasteiger partial charge < -0.3 is 16.3 Å². The highest BCUT2D eigenvalue weighted by Crippen LogP contribution is 2.36. The van der Waals surface area contributed by atoms with E-state index in [4.69, 9.17) is 10.9 Å². The van der Waals surface area contributed by atoms with Crippen LogP contribution in [0.1, 0.15) is 65.7 Å². The fourth-order valence-corrected chi connectivity index (χ4v) is 2.88. The zero-order valence-corrected chi connectivity index (χ0v) is 12.8. The van der Waals surface area contributed by atoms with E-state index in [1.165, 1.54) is 25.7 Å². The molecule has 0 aromatic rings. The van der Waals surface area contributed by atoms with Gasteiger partial charge in [0, 0.05) is 12.0 Å². The number of amidine groups is 1. The summed E-state index contributed by atoms with van der Waals surface area (Å²) < 4.78 is 0. The third-order valence-electron chi connectivity index (χ3n) is 4.57. The molecule has 1 saturated carbocycles. The van der Waals surface area contributed by atoms with E-state index in [1.54, 1.807) is 0 Å². The van der Waals surface area contributed by atoms with Gasteiger partial charge in [0.1, 0.15) is 5.84 Å². The minimum atomic E-state index is -0.202. The smallest absolute Gasteiger partial charge is 0.144 e. The first-order valence-corrected chi connectivity index (χ1v) is 7.58. The van der Waals surface area contributed by atoms with Crippen LogP contribution < -0.4 is 11.1 Å². The monoisotopic (exact) mass is 269 g/mol. The first kappa shape index (κ1) is 16.3. The fraction of sp³-hybridized carbons (Fsp3) is 0.933. The lowest BCUT2D eigenvalue weighted by molar-refractivity contribution is 0.302. The molecule has 1 fully saturated rings. The van der Waals surface area contributed by atoms with Crippen molar-refractivity contribution in [2.75, 3.05) is 13.1 Å². The van der Waals surface area contributed by atoms with Crippen molar-refractivity contribution in [3.8, 4) is 0 Å². The standard InChI is InChI=1S/C15H31N3O/c1-14(2,13(16)18-19)8-6-7-11-17-12-15(3)9-4-5-10-15/h17,19H,4-12H2,1-3H3,(H2,16,18). The molecular formula is C15H31N3O. The van der Waals surface area contributed by atoms with E-state index in [2.05, 4.69) is 17.4 Å². The van der Waals surface area contributed by atoms with E-state index in [-0.39, 0.29) is 5.41 Å². The second kappa shape index (κ2) is 7.13. The second-order valence-corrected chi connectivity index (χ2v) is 7.02. The highest BCUT2D eigenvalue weighted by Gasteiger charge is 2.27. The van der Waals surface area contributed by atoms with Crippen LogP contribution in [0, 0.1) is 10.8 Å². The highest BCUT2D eigenvalue weighted by molar-refractivity contribution is 5.85. The molecule has 1 rings (SSSR count). The summed E-state index contributed by atoms with van der Waals surface area (Å²) in [7, 11) is 0. The number of nitrogens with one attached hydrogen (secondary N) is 1. The summed E-state index contributed by atoms with van der Waals surface area (Å²) >= 11 is 0. The maximum Gasteiger partial charge on any atom is 0.144 e. The average Bonchev–Trinajstić information content (AvgIpc) is 2.79. The Bertz CT molecular complexity index is 294. The number of hydrogen-bond donors (Lipinski definition) is 3. The Morgan fingerprint density at radius 1 is 1.32 bits per heavy atom. The minimum Gasteiger partial charge on any atom is -0.409 e. The van der Waals surface area contributed by atoms with E-state index in [9.17, 15) is 0 Å². The van der Waals surface area contributed by atoms with E-state index in [1.807, 2.05) is 13.8 Å². The molecule has 112 valence electrons. The molecule has 1 aliphatic carbocycles. The summed E-state index contributed by atoms with van der Waals surface area (Å²) in [5, 5.41) is 15.4. The maximum atomic E-state index is 8.71. The predicted octanol–water partition coefficient (Wildman–Crippen LogP) is 3.10. The Labute approximate surface area is 117 Å². The van der Waals surface area contributed by atoms with Crippen molar-refractivity contribution < 1.29 is 5.21 Å². The van der Waals surface area contributed by atoms with Crippen LogP contribution in [-0.4, -0.2) is 24.1 Å². The molecule has 19 heavy (non-hydrogen) atoms. The Hall–Kier alpha value is -0.770. The Morgan fingerprint density at radius 3 is 2.53 bits per heavy atom. The van der Waals surface area contributed by atoms with E-state index in [0.29, 0.717) is 11.3 Å². The van der Waals surface area contributed by atoms with Crippen LogP contribution in [0.2, 0.25) is 0 Å². The predicted molar refractivity (Wildman–Crippen MR) is 80.5 cm³/mol. The zero-order chi connectivity index (χ0) is 14.4. The molecule has 0 amide bonds. The van der Waals surface area contributed by atoms with Crippen molar-refractivity contribution in [2.24, 2.45) is 21.7 Å². The van der Waals surface area contributed by atoms with Gasteiger partial charge in [-0.25, -0.2) is 0 Å². The maximum absolute atomic E-state index is 8.71. The number of unbranched alkanes of at least 4 members (excludes halogenated alkanes) is 1. The van der Waals surface area contributed by atoms with Crippen LogP contribution in [-0.2, 0) is 0 Å². The topological polar surface area (TPSA) is 70.6 Å². The van der Waals surface area contributed by atoms with E-state index < -0.39 is 0 Å². The van der Waals surface area contributed by atoms with Gasteiger partial charge in [-0.1, -0.05) is 45.2 Å². The number of oxime groups is 1. The van der Waals surface area contributed by atoms with E-state index in [0.717, 1.165) is 32.4 Å². The lowest BCUT2D eigenvalue weighted by Gasteiger charge is -2.24. The average molecular weight is 269 g/mol. The Balaban J connectivity index is 2.08. The number of nitrogens with zero attached hydrogens (tertiary/aromatic N) is 1. The molecule has 0 aromatic carbocycles. The van der Waals surface area contributed by atoms with Crippen molar-refractivity contribution in [3.05, 3.63) is 0 Å². The van der Waals surface area contributed by atoms with Gasteiger partial charge in [0.25, 0.3) is 0 Å². The number of nitrogens with two attached hydrogens (primary N) is 1. The van der Waals surface area contributed by atoms with Crippen molar-refractivity contribution in [2.45, 2.75) is 65.7 Å². The first-order valence-electron chi connectivity index (χ1n) is 7.58. The molecule has 4 heteroatoms. The zero-order valence-electron chi connectivity index (χ0n) is 12.8. The van der Waals surface area contributed by atoms with Crippen LogP contribution in [0.5, 0.6) is 0 Å². The highest BCUT2D eigenvalue weighted by atomic mass is 16.4. The second-order valence-electron chi connectivity index (χ2n) is 7.02. The van der Waals surface area contributed by atoms with Crippen molar-refractivity contribution in [3.63, 3.8) is 0 Å². The molecule has 0 atom stereocenters. The van der Waals surface area contributed by atoms with Crippen molar-refractivity contribution in [1.82, 2.24) is 5.32 Å². The summed E-state index contributed by atoms with van der Waals surface area (Å²) in [6.07, 6.45) is 8.75. The van der Waals surface area contributed by atoms with Gasteiger partial charge >= 0.3 is 0 Å². The molecule has 0 radical (unpaired) electrons.